The highest BCUT2D eigenvalue weighted by molar-refractivity contribution is 4.88. The Morgan fingerprint density at radius 2 is 1.83 bits per heavy atom. The minimum Gasteiger partial charge on any atom is -0.393 e. The summed E-state index contributed by atoms with van der Waals surface area (Å²) in [5, 5.41) is 9.25. The Kier molecular flexibility index (Phi) is 3.13. The van der Waals surface area contributed by atoms with Crippen molar-refractivity contribution in [2.45, 2.75) is 38.7 Å². The van der Waals surface area contributed by atoms with Crippen LogP contribution in [-0.2, 0) is 4.74 Å². The van der Waals surface area contributed by atoms with E-state index >= 15 is 0 Å². The molecule has 1 N–H and O–H groups in total. The van der Waals surface area contributed by atoms with Crippen molar-refractivity contribution in [3.63, 3.8) is 0 Å². The van der Waals surface area contributed by atoms with Crippen LogP contribution in [0.25, 0.3) is 0 Å². The number of ether oxygens (including phenoxy) is 1. The van der Waals surface area contributed by atoms with Gasteiger partial charge in [0, 0.05) is 7.11 Å². The Balaban J connectivity index is 2.62. The van der Waals surface area contributed by atoms with Crippen LogP contribution < -0.4 is 0 Å². The van der Waals surface area contributed by atoms with Crippen LogP contribution in [0.1, 0.15) is 33.1 Å². The van der Waals surface area contributed by atoms with Crippen molar-refractivity contribution in [2.75, 3.05) is 13.7 Å². The van der Waals surface area contributed by atoms with Crippen LogP contribution in [0.3, 0.4) is 0 Å². The lowest BCUT2D eigenvalue weighted by molar-refractivity contribution is -0.0981. The SMILES string of the molecule is COC1(CO)CC(C)CC(C)C1. The van der Waals surface area contributed by atoms with Crippen LogP contribution in [0.2, 0.25) is 0 Å². The minimum absolute atomic E-state index is 0.165. The molecule has 1 aliphatic rings. The van der Waals surface area contributed by atoms with E-state index in [0.717, 1.165) is 12.8 Å². The highest BCUT2D eigenvalue weighted by Gasteiger charge is 2.37. The van der Waals surface area contributed by atoms with Crippen molar-refractivity contribution in [3.8, 4) is 0 Å². The number of aliphatic hydroxyl groups excluding tert-OH is 1. The predicted molar refractivity (Wildman–Crippen MR) is 49.0 cm³/mol. The van der Waals surface area contributed by atoms with Gasteiger partial charge in [0.1, 0.15) is 0 Å². The molecular formula is C10H20O2. The topological polar surface area (TPSA) is 29.5 Å². The zero-order valence-corrected chi connectivity index (χ0v) is 8.34. The lowest BCUT2D eigenvalue weighted by atomic mass is 9.74. The Bertz CT molecular complexity index is 129. The van der Waals surface area contributed by atoms with Gasteiger partial charge in [-0.2, -0.15) is 0 Å². The summed E-state index contributed by atoms with van der Waals surface area (Å²) >= 11 is 0. The second-order valence-corrected chi connectivity index (χ2v) is 4.40. The van der Waals surface area contributed by atoms with Crippen molar-refractivity contribution >= 4 is 0 Å². The number of hydrogen-bond donors (Lipinski definition) is 1. The first-order valence-electron chi connectivity index (χ1n) is 4.78. The van der Waals surface area contributed by atoms with E-state index in [1.54, 1.807) is 7.11 Å². The Morgan fingerprint density at radius 1 is 1.33 bits per heavy atom. The van der Waals surface area contributed by atoms with Crippen molar-refractivity contribution in [1.82, 2.24) is 0 Å². The first-order valence-corrected chi connectivity index (χ1v) is 4.78. The third-order valence-corrected chi connectivity index (χ3v) is 2.97. The van der Waals surface area contributed by atoms with Gasteiger partial charge in [-0.3, -0.25) is 0 Å². The molecule has 1 saturated carbocycles. The second kappa shape index (κ2) is 3.75. The molecule has 2 heteroatoms. The van der Waals surface area contributed by atoms with Gasteiger partial charge >= 0.3 is 0 Å². The van der Waals surface area contributed by atoms with Crippen molar-refractivity contribution in [1.29, 1.82) is 0 Å². The lowest BCUT2D eigenvalue weighted by Crippen LogP contribution is -2.42. The average molecular weight is 172 g/mol. The van der Waals surface area contributed by atoms with Crippen molar-refractivity contribution in [2.24, 2.45) is 11.8 Å². The van der Waals surface area contributed by atoms with E-state index in [1.165, 1.54) is 6.42 Å². The van der Waals surface area contributed by atoms with Gasteiger partial charge < -0.3 is 9.84 Å². The van der Waals surface area contributed by atoms with Gasteiger partial charge in [-0.1, -0.05) is 13.8 Å². The molecule has 0 amide bonds. The highest BCUT2D eigenvalue weighted by Crippen LogP contribution is 2.37. The van der Waals surface area contributed by atoms with Gasteiger partial charge in [0.15, 0.2) is 0 Å². The van der Waals surface area contributed by atoms with E-state index in [2.05, 4.69) is 13.8 Å². The summed E-state index contributed by atoms with van der Waals surface area (Å²) in [6.45, 7) is 4.64. The third-order valence-electron chi connectivity index (χ3n) is 2.97. The molecular weight excluding hydrogens is 152 g/mol. The molecule has 0 bridgehead atoms. The largest absolute Gasteiger partial charge is 0.393 e. The van der Waals surface area contributed by atoms with E-state index in [4.69, 9.17) is 4.74 Å². The maximum Gasteiger partial charge on any atom is 0.0913 e. The molecule has 2 nitrogen and oxygen atoms in total. The van der Waals surface area contributed by atoms with E-state index in [0.29, 0.717) is 11.8 Å². The molecule has 1 rings (SSSR count). The monoisotopic (exact) mass is 172 g/mol. The summed E-state index contributed by atoms with van der Waals surface area (Å²) in [5.74, 6) is 1.36. The normalized spacial score (nSPS) is 43.0. The Hall–Kier alpha value is -0.0800. The fourth-order valence-electron chi connectivity index (χ4n) is 2.57. The molecule has 0 radical (unpaired) electrons. The molecule has 1 aliphatic carbocycles. The van der Waals surface area contributed by atoms with Crippen LogP contribution in [-0.4, -0.2) is 24.4 Å². The molecule has 0 aromatic heterocycles. The van der Waals surface area contributed by atoms with Gasteiger partial charge in [0.25, 0.3) is 0 Å². The quantitative estimate of drug-likeness (QED) is 0.688. The fourth-order valence-corrected chi connectivity index (χ4v) is 2.57. The number of aliphatic hydroxyl groups is 1. The molecule has 0 aromatic rings. The third kappa shape index (κ3) is 1.99. The van der Waals surface area contributed by atoms with Crippen molar-refractivity contribution in [3.05, 3.63) is 0 Å². The van der Waals surface area contributed by atoms with Crippen LogP contribution in [0, 0.1) is 11.8 Å². The molecule has 0 aliphatic heterocycles. The molecule has 0 aromatic carbocycles. The van der Waals surface area contributed by atoms with Gasteiger partial charge in [-0.25, -0.2) is 0 Å². The van der Waals surface area contributed by atoms with Crippen molar-refractivity contribution < 1.29 is 9.84 Å². The molecule has 0 heterocycles. The first kappa shape index (κ1) is 10.0. The van der Waals surface area contributed by atoms with Gasteiger partial charge in [-0.05, 0) is 31.1 Å². The Morgan fingerprint density at radius 3 is 2.17 bits per heavy atom. The summed E-state index contributed by atoms with van der Waals surface area (Å²) in [6, 6.07) is 0. The van der Waals surface area contributed by atoms with E-state index in [1.807, 2.05) is 0 Å². The average Bonchev–Trinajstić information content (AvgIpc) is 2.02. The summed E-state index contributed by atoms with van der Waals surface area (Å²) in [4.78, 5) is 0. The van der Waals surface area contributed by atoms with Gasteiger partial charge in [0.2, 0.25) is 0 Å². The van der Waals surface area contributed by atoms with Crippen LogP contribution in [0.5, 0.6) is 0 Å². The summed E-state index contributed by atoms with van der Waals surface area (Å²) < 4.78 is 5.42. The zero-order valence-electron chi connectivity index (χ0n) is 8.34. The molecule has 1 fully saturated rings. The zero-order chi connectivity index (χ0) is 9.19. The Labute approximate surface area is 74.9 Å². The van der Waals surface area contributed by atoms with E-state index < -0.39 is 0 Å². The summed E-state index contributed by atoms with van der Waals surface area (Å²) in [6.07, 6.45) is 3.28. The lowest BCUT2D eigenvalue weighted by Gasteiger charge is -2.40. The maximum atomic E-state index is 9.25. The predicted octanol–water partition coefficient (Wildman–Crippen LogP) is 1.82. The van der Waals surface area contributed by atoms with E-state index in [9.17, 15) is 5.11 Å². The fraction of sp³-hybridized carbons (Fsp3) is 1.00. The number of rotatable bonds is 2. The molecule has 2 atom stereocenters. The van der Waals surface area contributed by atoms with Crippen LogP contribution >= 0.6 is 0 Å². The summed E-state index contributed by atoms with van der Waals surface area (Å²) in [7, 11) is 1.71. The molecule has 12 heavy (non-hydrogen) atoms. The second-order valence-electron chi connectivity index (χ2n) is 4.40. The minimum atomic E-state index is -0.239. The van der Waals surface area contributed by atoms with E-state index in [-0.39, 0.29) is 12.2 Å². The first-order chi connectivity index (χ1) is 5.62. The molecule has 72 valence electrons. The summed E-state index contributed by atoms with van der Waals surface area (Å²) in [5.41, 5.74) is -0.239. The highest BCUT2D eigenvalue weighted by atomic mass is 16.5. The van der Waals surface area contributed by atoms with Gasteiger partial charge in [0.05, 0.1) is 12.2 Å². The molecule has 2 unspecified atom stereocenters. The van der Waals surface area contributed by atoms with Crippen LogP contribution in [0.15, 0.2) is 0 Å². The molecule has 0 spiro atoms. The maximum absolute atomic E-state index is 9.25. The standard InChI is InChI=1S/C10H20O2/c1-8-4-9(2)6-10(5-8,7-11)12-3/h8-9,11H,4-7H2,1-3H3. The molecule has 0 saturated heterocycles. The van der Waals surface area contributed by atoms with Gasteiger partial charge in [-0.15, -0.1) is 0 Å². The number of methoxy groups -OCH3 is 1. The smallest absolute Gasteiger partial charge is 0.0913 e. The van der Waals surface area contributed by atoms with Crippen LogP contribution in [0.4, 0.5) is 0 Å². The number of hydrogen-bond acceptors (Lipinski definition) is 2.